The Kier molecular flexibility index (Phi) is 4.45. The van der Waals surface area contributed by atoms with E-state index in [9.17, 15) is 0 Å². The van der Waals surface area contributed by atoms with Gasteiger partial charge in [-0.1, -0.05) is 17.7 Å². The summed E-state index contributed by atoms with van der Waals surface area (Å²) in [5.41, 5.74) is 10.2. The summed E-state index contributed by atoms with van der Waals surface area (Å²) in [7, 11) is 0. The topological polar surface area (TPSA) is 29.3 Å². The molecule has 0 aromatic heterocycles. The van der Waals surface area contributed by atoms with Gasteiger partial charge >= 0.3 is 0 Å². The van der Waals surface area contributed by atoms with Crippen molar-refractivity contribution >= 4 is 18.1 Å². The first-order valence-electron chi connectivity index (χ1n) is 6.09. The minimum absolute atomic E-state index is 0. The fraction of sp³-hybridized carbons (Fsp3) is 0.571. The normalized spacial score (nSPS) is 15.2. The molecule has 3 heteroatoms. The van der Waals surface area contributed by atoms with Gasteiger partial charge in [-0.05, 0) is 45.2 Å². The first-order chi connectivity index (χ1) is 7.46. The number of hydrogen-bond donors (Lipinski definition) is 1. The molecule has 1 aromatic rings. The average molecular weight is 255 g/mol. The highest BCUT2D eigenvalue weighted by Gasteiger charge is 2.21. The van der Waals surface area contributed by atoms with Gasteiger partial charge in [0.1, 0.15) is 0 Å². The molecule has 0 unspecified atom stereocenters. The number of rotatable bonds is 2. The molecule has 0 fully saturated rings. The maximum absolute atomic E-state index is 6.11. The molecule has 0 atom stereocenters. The third-order valence-corrected chi connectivity index (χ3v) is 3.05. The molecular weight excluding hydrogens is 232 g/mol. The third-order valence-electron chi connectivity index (χ3n) is 3.05. The van der Waals surface area contributed by atoms with Crippen LogP contribution in [0.5, 0.6) is 0 Å². The van der Waals surface area contributed by atoms with Gasteiger partial charge in [0.25, 0.3) is 0 Å². The van der Waals surface area contributed by atoms with Crippen LogP contribution in [-0.2, 0) is 6.42 Å². The average Bonchev–Trinajstić information content (AvgIpc) is 2.15. The Labute approximate surface area is 111 Å². The quantitative estimate of drug-likeness (QED) is 0.879. The Morgan fingerprint density at radius 1 is 1.35 bits per heavy atom. The van der Waals surface area contributed by atoms with E-state index in [0.717, 1.165) is 13.1 Å². The number of benzene rings is 1. The number of halogens is 1. The third kappa shape index (κ3) is 3.62. The second-order valence-corrected chi connectivity index (χ2v) is 5.65. The number of nitrogens with two attached hydrogens (primary N) is 1. The lowest BCUT2D eigenvalue weighted by molar-refractivity contribution is 0.495. The second-order valence-electron chi connectivity index (χ2n) is 5.65. The molecule has 17 heavy (non-hydrogen) atoms. The Hall–Kier alpha value is -0.730. The Morgan fingerprint density at radius 3 is 2.71 bits per heavy atom. The molecule has 1 aromatic carbocycles. The Morgan fingerprint density at radius 2 is 2.06 bits per heavy atom. The van der Waals surface area contributed by atoms with E-state index >= 15 is 0 Å². The molecule has 0 saturated carbocycles. The fourth-order valence-electron chi connectivity index (χ4n) is 2.46. The van der Waals surface area contributed by atoms with Crippen molar-refractivity contribution in [3.8, 4) is 0 Å². The Bertz CT molecular complexity index is 382. The summed E-state index contributed by atoms with van der Waals surface area (Å²) in [6.45, 7) is 8.41. The lowest BCUT2D eigenvalue weighted by atomic mass is 9.97. The first-order valence-corrected chi connectivity index (χ1v) is 6.09. The molecule has 0 bridgehead atoms. The predicted molar refractivity (Wildman–Crippen MR) is 77.2 cm³/mol. The zero-order chi connectivity index (χ0) is 11.8. The molecular formula is C14H23ClN2. The van der Waals surface area contributed by atoms with E-state index in [4.69, 9.17) is 5.73 Å². The largest absolute Gasteiger partial charge is 0.369 e. The monoisotopic (exact) mass is 254 g/mol. The van der Waals surface area contributed by atoms with Crippen molar-refractivity contribution in [2.24, 2.45) is 5.73 Å². The lowest BCUT2D eigenvalue weighted by Gasteiger charge is -2.36. The van der Waals surface area contributed by atoms with Crippen LogP contribution < -0.4 is 10.6 Å². The molecule has 1 aliphatic rings. The zero-order valence-electron chi connectivity index (χ0n) is 11.0. The van der Waals surface area contributed by atoms with E-state index in [2.05, 4.69) is 43.9 Å². The Balaban J connectivity index is 0.00000144. The number of nitrogens with zero attached hydrogens (tertiary/aromatic N) is 1. The van der Waals surface area contributed by atoms with Crippen LogP contribution in [0, 0.1) is 6.92 Å². The van der Waals surface area contributed by atoms with Crippen molar-refractivity contribution < 1.29 is 0 Å². The summed E-state index contributed by atoms with van der Waals surface area (Å²) >= 11 is 0. The summed E-state index contributed by atoms with van der Waals surface area (Å²) in [6.07, 6.45) is 2.45. The molecule has 0 amide bonds. The van der Waals surface area contributed by atoms with E-state index in [-0.39, 0.29) is 17.9 Å². The van der Waals surface area contributed by atoms with Gasteiger partial charge in [-0.15, -0.1) is 12.4 Å². The summed E-state index contributed by atoms with van der Waals surface area (Å²) < 4.78 is 0. The van der Waals surface area contributed by atoms with Gasteiger partial charge < -0.3 is 10.6 Å². The highest BCUT2D eigenvalue weighted by Crippen LogP contribution is 2.28. The standard InChI is InChI=1S/C14H22N2.ClH/c1-11-6-7-13-12(9-11)5-4-8-16(13)10-14(2,3)15;/h6-7,9H,4-5,8,10,15H2,1-3H3;1H. The molecule has 1 aliphatic heterocycles. The van der Waals surface area contributed by atoms with Crippen LogP contribution >= 0.6 is 12.4 Å². The number of hydrogen-bond acceptors (Lipinski definition) is 2. The summed E-state index contributed by atoms with van der Waals surface area (Å²) in [5, 5.41) is 0. The molecule has 1 heterocycles. The van der Waals surface area contributed by atoms with Gasteiger partial charge in [0.15, 0.2) is 0 Å². The lowest BCUT2D eigenvalue weighted by Crippen LogP contribution is -2.47. The van der Waals surface area contributed by atoms with Crippen molar-refractivity contribution in [2.45, 2.75) is 39.2 Å². The van der Waals surface area contributed by atoms with Crippen molar-refractivity contribution in [1.29, 1.82) is 0 Å². The van der Waals surface area contributed by atoms with Crippen molar-refractivity contribution in [3.63, 3.8) is 0 Å². The maximum Gasteiger partial charge on any atom is 0.0399 e. The SMILES string of the molecule is Cc1ccc2c(c1)CCCN2CC(C)(C)N.Cl. The van der Waals surface area contributed by atoms with Crippen LogP contribution in [0.25, 0.3) is 0 Å². The first kappa shape index (κ1) is 14.3. The van der Waals surface area contributed by atoms with E-state index in [0.29, 0.717) is 0 Å². The van der Waals surface area contributed by atoms with Gasteiger partial charge in [-0.3, -0.25) is 0 Å². The highest BCUT2D eigenvalue weighted by atomic mass is 35.5. The summed E-state index contributed by atoms with van der Waals surface area (Å²) in [6, 6.07) is 6.75. The molecule has 2 nitrogen and oxygen atoms in total. The maximum atomic E-state index is 6.11. The van der Waals surface area contributed by atoms with Gasteiger partial charge in [-0.25, -0.2) is 0 Å². The number of anilines is 1. The molecule has 0 saturated heterocycles. The molecule has 0 radical (unpaired) electrons. The zero-order valence-corrected chi connectivity index (χ0v) is 11.8. The molecule has 0 spiro atoms. The second kappa shape index (κ2) is 5.28. The van der Waals surface area contributed by atoms with Crippen LogP contribution in [0.4, 0.5) is 5.69 Å². The summed E-state index contributed by atoms with van der Waals surface area (Å²) in [5.74, 6) is 0. The van der Waals surface area contributed by atoms with E-state index in [1.54, 1.807) is 0 Å². The fourth-order valence-corrected chi connectivity index (χ4v) is 2.46. The molecule has 2 rings (SSSR count). The molecule has 0 aliphatic carbocycles. The van der Waals surface area contributed by atoms with Crippen LogP contribution in [0.3, 0.4) is 0 Å². The van der Waals surface area contributed by atoms with Gasteiger partial charge in [-0.2, -0.15) is 0 Å². The number of fused-ring (bicyclic) bond motifs is 1. The predicted octanol–water partition coefficient (Wildman–Crippen LogP) is 2.91. The molecule has 2 N–H and O–H groups in total. The smallest absolute Gasteiger partial charge is 0.0399 e. The number of aryl methyl sites for hydroxylation is 2. The highest BCUT2D eigenvalue weighted by molar-refractivity contribution is 5.85. The van der Waals surface area contributed by atoms with Gasteiger partial charge in [0, 0.05) is 24.3 Å². The minimum atomic E-state index is -0.125. The van der Waals surface area contributed by atoms with E-state index in [1.807, 2.05) is 0 Å². The van der Waals surface area contributed by atoms with Gasteiger partial charge in [0.2, 0.25) is 0 Å². The van der Waals surface area contributed by atoms with Gasteiger partial charge in [0.05, 0.1) is 0 Å². The van der Waals surface area contributed by atoms with Crippen molar-refractivity contribution in [3.05, 3.63) is 29.3 Å². The van der Waals surface area contributed by atoms with Crippen molar-refractivity contribution in [1.82, 2.24) is 0 Å². The van der Waals surface area contributed by atoms with Crippen LogP contribution in [0.2, 0.25) is 0 Å². The van der Waals surface area contributed by atoms with E-state index in [1.165, 1.54) is 29.7 Å². The minimum Gasteiger partial charge on any atom is -0.369 e. The van der Waals surface area contributed by atoms with Crippen molar-refractivity contribution in [2.75, 3.05) is 18.0 Å². The molecule has 96 valence electrons. The summed E-state index contributed by atoms with van der Waals surface area (Å²) in [4.78, 5) is 2.43. The van der Waals surface area contributed by atoms with Crippen LogP contribution in [0.15, 0.2) is 18.2 Å². The van der Waals surface area contributed by atoms with Crippen LogP contribution in [-0.4, -0.2) is 18.6 Å². The van der Waals surface area contributed by atoms with Crippen LogP contribution in [0.1, 0.15) is 31.4 Å². The van der Waals surface area contributed by atoms with E-state index < -0.39 is 0 Å².